The zero-order chi connectivity index (χ0) is 16.5. The van der Waals surface area contributed by atoms with Crippen LogP contribution in [0, 0.1) is 16.7 Å². The van der Waals surface area contributed by atoms with E-state index in [0.717, 1.165) is 0 Å². The Balaban J connectivity index is 2.52. The van der Waals surface area contributed by atoms with Crippen molar-refractivity contribution in [1.29, 1.82) is 5.26 Å². The Morgan fingerprint density at radius 2 is 1.95 bits per heavy atom. The lowest BCUT2D eigenvalue weighted by Gasteiger charge is -2.08. The number of nitrogens with zero attached hydrogens (tertiary/aromatic N) is 1. The predicted molar refractivity (Wildman–Crippen MR) is 82.1 cm³/mol. The highest BCUT2D eigenvalue weighted by Gasteiger charge is 2.77. The molecule has 2 rings (SSSR count). The van der Waals surface area contributed by atoms with Crippen molar-refractivity contribution in [2.24, 2.45) is 5.41 Å². The Hall–Kier alpha value is -1.58. The Bertz CT molecular complexity index is 723. The number of benzene rings is 1. The van der Waals surface area contributed by atoms with Gasteiger partial charge in [-0.2, -0.15) is 5.26 Å². The van der Waals surface area contributed by atoms with E-state index in [-0.39, 0.29) is 12.4 Å². The third-order valence-electron chi connectivity index (χ3n) is 3.95. The molecule has 1 aliphatic carbocycles. The average Bonchev–Trinajstić information content (AvgIpc) is 3.20. The van der Waals surface area contributed by atoms with Gasteiger partial charge in [0.25, 0.3) is 0 Å². The van der Waals surface area contributed by atoms with Crippen LogP contribution in [-0.4, -0.2) is 32.0 Å². The number of nitriles is 1. The molecule has 5 nitrogen and oxygen atoms in total. The van der Waals surface area contributed by atoms with Crippen LogP contribution in [0.15, 0.2) is 24.3 Å². The van der Waals surface area contributed by atoms with Crippen molar-refractivity contribution in [3.8, 4) is 6.07 Å². The second-order valence-electron chi connectivity index (χ2n) is 5.10. The average molecular weight is 342 g/mol. The second-order valence-corrected chi connectivity index (χ2v) is 7.95. The minimum Gasteiger partial charge on any atom is -0.465 e. The Kier molecular flexibility index (Phi) is 4.50. The smallest absolute Gasteiger partial charge is 0.328 e. The SMILES string of the molecule is CCOC(=O)C1(C#N)C(c2ccc(Cl)cc2)C1S(=O)(=O)CC. The molecule has 1 aliphatic rings. The normalized spacial score (nSPS) is 27.0. The zero-order valence-electron chi connectivity index (χ0n) is 12.2. The fraction of sp³-hybridized carbons (Fsp3) is 0.467. The summed E-state index contributed by atoms with van der Waals surface area (Å²) in [5.41, 5.74) is -1.07. The van der Waals surface area contributed by atoms with Gasteiger partial charge >= 0.3 is 5.97 Å². The lowest BCUT2D eigenvalue weighted by molar-refractivity contribution is -0.147. The Morgan fingerprint density at radius 1 is 1.36 bits per heavy atom. The third-order valence-corrected chi connectivity index (χ3v) is 6.42. The first-order chi connectivity index (χ1) is 10.3. The summed E-state index contributed by atoms with van der Waals surface area (Å²) in [4.78, 5) is 12.2. The number of rotatable bonds is 5. The molecular formula is C15H16ClNO4S. The molecule has 0 amide bonds. The number of hydrogen-bond donors (Lipinski definition) is 0. The van der Waals surface area contributed by atoms with Gasteiger partial charge < -0.3 is 4.74 Å². The molecule has 1 aromatic rings. The van der Waals surface area contributed by atoms with Crippen molar-refractivity contribution in [1.82, 2.24) is 0 Å². The standard InChI is InChI=1S/C15H16ClNO4S/c1-3-21-14(18)15(9-17)12(13(15)22(19,20)4-2)10-5-7-11(16)8-6-10/h5-8,12-13H,3-4H2,1-2H3. The van der Waals surface area contributed by atoms with Gasteiger partial charge in [0.2, 0.25) is 0 Å². The lowest BCUT2D eigenvalue weighted by Crippen LogP contribution is -2.26. The minimum atomic E-state index is -3.57. The van der Waals surface area contributed by atoms with E-state index in [0.29, 0.717) is 10.6 Å². The molecule has 0 aromatic heterocycles. The van der Waals surface area contributed by atoms with Crippen molar-refractivity contribution in [3.05, 3.63) is 34.9 Å². The maximum atomic E-state index is 12.3. The molecular weight excluding hydrogens is 326 g/mol. The molecule has 1 fully saturated rings. The van der Waals surface area contributed by atoms with Crippen LogP contribution in [0.4, 0.5) is 0 Å². The monoisotopic (exact) mass is 341 g/mol. The molecule has 0 aliphatic heterocycles. The van der Waals surface area contributed by atoms with Crippen LogP contribution < -0.4 is 0 Å². The fourth-order valence-corrected chi connectivity index (χ4v) is 4.86. The van der Waals surface area contributed by atoms with Crippen LogP contribution in [0.25, 0.3) is 0 Å². The van der Waals surface area contributed by atoms with Gasteiger partial charge in [-0.05, 0) is 24.6 Å². The molecule has 0 spiro atoms. The lowest BCUT2D eigenvalue weighted by atomic mass is 10.0. The van der Waals surface area contributed by atoms with Gasteiger partial charge in [-0.3, -0.25) is 4.79 Å². The molecule has 22 heavy (non-hydrogen) atoms. The van der Waals surface area contributed by atoms with Crippen LogP contribution in [0.2, 0.25) is 5.02 Å². The summed E-state index contributed by atoms with van der Waals surface area (Å²) in [6, 6.07) is 8.41. The molecule has 118 valence electrons. The first-order valence-electron chi connectivity index (χ1n) is 6.90. The molecule has 0 saturated heterocycles. The van der Waals surface area contributed by atoms with Crippen LogP contribution in [-0.2, 0) is 19.4 Å². The maximum absolute atomic E-state index is 12.3. The highest BCUT2D eigenvalue weighted by Crippen LogP contribution is 2.63. The van der Waals surface area contributed by atoms with Crippen molar-refractivity contribution in [3.63, 3.8) is 0 Å². The van der Waals surface area contributed by atoms with Gasteiger partial charge in [0.1, 0.15) is 5.25 Å². The first-order valence-corrected chi connectivity index (χ1v) is 9.00. The van der Waals surface area contributed by atoms with Crippen molar-refractivity contribution < 1.29 is 17.9 Å². The fourth-order valence-electron chi connectivity index (χ4n) is 2.81. The quantitative estimate of drug-likeness (QED) is 0.767. The number of ether oxygens (including phenoxy) is 1. The minimum absolute atomic E-state index is 0.0918. The maximum Gasteiger partial charge on any atom is 0.328 e. The van der Waals surface area contributed by atoms with E-state index in [4.69, 9.17) is 16.3 Å². The van der Waals surface area contributed by atoms with E-state index < -0.39 is 32.4 Å². The Labute approximate surface area is 134 Å². The summed E-state index contributed by atoms with van der Waals surface area (Å²) >= 11 is 5.83. The molecule has 3 unspecified atom stereocenters. The highest BCUT2D eigenvalue weighted by molar-refractivity contribution is 7.92. The van der Waals surface area contributed by atoms with Gasteiger partial charge in [0.15, 0.2) is 15.3 Å². The molecule has 1 aromatic carbocycles. The third kappa shape index (κ3) is 2.49. The molecule has 0 bridgehead atoms. The second kappa shape index (κ2) is 5.90. The zero-order valence-corrected chi connectivity index (χ0v) is 13.8. The first kappa shape index (κ1) is 16.8. The number of carbonyl (C=O) groups excluding carboxylic acids is 1. The van der Waals surface area contributed by atoms with E-state index >= 15 is 0 Å². The van der Waals surface area contributed by atoms with E-state index in [1.165, 1.54) is 6.92 Å². The highest BCUT2D eigenvalue weighted by atomic mass is 35.5. The predicted octanol–water partition coefficient (Wildman–Crippen LogP) is 2.31. The number of esters is 1. The van der Waals surface area contributed by atoms with Gasteiger partial charge in [-0.25, -0.2) is 8.42 Å². The summed E-state index contributed by atoms with van der Waals surface area (Å²) < 4.78 is 29.6. The molecule has 7 heteroatoms. The van der Waals surface area contributed by atoms with Crippen LogP contribution in [0.5, 0.6) is 0 Å². The van der Waals surface area contributed by atoms with Crippen LogP contribution in [0.1, 0.15) is 25.3 Å². The van der Waals surface area contributed by atoms with Gasteiger partial charge in [-0.15, -0.1) is 0 Å². The van der Waals surface area contributed by atoms with Crippen LogP contribution in [0.3, 0.4) is 0 Å². The number of hydrogen-bond acceptors (Lipinski definition) is 5. The molecule has 3 atom stereocenters. The van der Waals surface area contributed by atoms with Gasteiger partial charge in [0, 0.05) is 16.7 Å². The number of halogens is 1. The van der Waals surface area contributed by atoms with Gasteiger partial charge in [0.05, 0.1) is 12.7 Å². The molecule has 0 N–H and O–H groups in total. The van der Waals surface area contributed by atoms with E-state index in [2.05, 4.69) is 0 Å². The Morgan fingerprint density at radius 3 is 2.41 bits per heavy atom. The van der Waals surface area contributed by atoms with Crippen molar-refractivity contribution in [2.45, 2.75) is 25.0 Å². The molecule has 0 heterocycles. The van der Waals surface area contributed by atoms with Crippen molar-refractivity contribution >= 4 is 27.4 Å². The van der Waals surface area contributed by atoms with E-state index in [1.807, 2.05) is 6.07 Å². The molecule has 1 saturated carbocycles. The van der Waals surface area contributed by atoms with Gasteiger partial charge in [-0.1, -0.05) is 30.7 Å². The largest absolute Gasteiger partial charge is 0.465 e. The summed E-state index contributed by atoms with van der Waals surface area (Å²) in [5.74, 6) is -1.64. The summed E-state index contributed by atoms with van der Waals surface area (Å²) in [7, 11) is -3.57. The number of sulfone groups is 1. The van der Waals surface area contributed by atoms with Crippen LogP contribution >= 0.6 is 11.6 Å². The van der Waals surface area contributed by atoms with Crippen molar-refractivity contribution in [2.75, 3.05) is 12.4 Å². The summed E-state index contributed by atoms with van der Waals surface area (Å²) in [6.45, 7) is 3.21. The topological polar surface area (TPSA) is 84.2 Å². The molecule has 0 radical (unpaired) electrons. The summed E-state index contributed by atoms with van der Waals surface area (Å²) in [6.07, 6.45) is 0. The van der Waals surface area contributed by atoms with E-state index in [1.54, 1.807) is 31.2 Å². The number of carbonyl (C=O) groups is 1. The van der Waals surface area contributed by atoms with E-state index in [9.17, 15) is 18.5 Å². The summed E-state index contributed by atoms with van der Waals surface area (Å²) in [5, 5.41) is 8.95.